The van der Waals surface area contributed by atoms with Crippen LogP contribution in [0.25, 0.3) is 10.8 Å². The van der Waals surface area contributed by atoms with Gasteiger partial charge in [0.05, 0.1) is 53.0 Å². The molecule has 1 fully saturated rings. The van der Waals surface area contributed by atoms with Crippen LogP contribution in [0.4, 0.5) is 5.69 Å². The van der Waals surface area contributed by atoms with Crippen LogP contribution < -0.4 is 10.1 Å². The van der Waals surface area contributed by atoms with Crippen molar-refractivity contribution >= 4 is 40.3 Å². The Morgan fingerprint density at radius 3 is 2.26 bits per heavy atom. The number of methoxy groups -OCH3 is 1. The van der Waals surface area contributed by atoms with E-state index in [-0.39, 0.29) is 44.5 Å². The highest BCUT2D eigenvalue weighted by molar-refractivity contribution is 6.23. The minimum atomic E-state index is -2.03. The van der Waals surface area contributed by atoms with Gasteiger partial charge in [0.25, 0.3) is 11.7 Å². The normalized spacial score (nSPS) is 31.3. The maximum atomic E-state index is 14.4. The number of allylic oxidation sites excluding steroid dienone is 2. The molecule has 4 aliphatic rings. The van der Waals surface area contributed by atoms with Crippen molar-refractivity contribution in [3.05, 3.63) is 52.8 Å². The molecule has 1 amide bonds. The molecule has 9 atom stereocenters. The van der Waals surface area contributed by atoms with E-state index >= 15 is 0 Å². The van der Waals surface area contributed by atoms with Crippen LogP contribution in [0.15, 0.2) is 41.2 Å². The Bertz CT molecular complexity index is 2020. The van der Waals surface area contributed by atoms with Crippen molar-refractivity contribution in [2.24, 2.45) is 28.8 Å². The Morgan fingerprint density at radius 1 is 0.965 bits per heavy atom. The lowest BCUT2D eigenvalue weighted by molar-refractivity contribution is -0.160. The Balaban J connectivity index is 1.71. The van der Waals surface area contributed by atoms with Crippen molar-refractivity contribution in [1.82, 2.24) is 5.01 Å². The van der Waals surface area contributed by atoms with E-state index in [1.807, 2.05) is 0 Å². The molecule has 0 spiro atoms. The number of ether oxygens (including phenoxy) is 4. The second kappa shape index (κ2) is 17.2. The zero-order chi connectivity index (χ0) is 42.1. The Labute approximate surface area is 332 Å². The average molecular weight is 794 g/mol. The van der Waals surface area contributed by atoms with E-state index in [9.17, 15) is 39.9 Å². The fourth-order valence-electron chi connectivity index (χ4n) is 7.83. The van der Waals surface area contributed by atoms with Gasteiger partial charge in [-0.05, 0) is 32.8 Å². The molecule has 57 heavy (non-hydrogen) atoms. The number of hydrogen-bond donors (Lipinski definition) is 6. The molecule has 0 aliphatic carbocycles. The number of carbonyl (C=O) groups excluding carboxylic acids is 3. The molecular formula is C42H55N3O12. The molecule has 15 nitrogen and oxygen atoms in total. The van der Waals surface area contributed by atoms with Gasteiger partial charge in [-0.25, -0.2) is 0 Å². The monoisotopic (exact) mass is 793 g/mol. The number of hydrogen-bond acceptors (Lipinski definition) is 14. The highest BCUT2D eigenvalue weighted by Gasteiger charge is 2.50. The van der Waals surface area contributed by atoms with Crippen molar-refractivity contribution in [1.29, 1.82) is 0 Å². The molecule has 310 valence electrons. The third-order valence-electron chi connectivity index (χ3n) is 11.5. The number of aromatic hydroxyl groups is 3. The largest absolute Gasteiger partial charge is 0.507 e. The number of carbonyl (C=O) groups is 3. The number of nitrogens with one attached hydrogen (secondary N) is 1. The van der Waals surface area contributed by atoms with Gasteiger partial charge in [0.1, 0.15) is 23.4 Å². The minimum absolute atomic E-state index is 0.0602. The van der Waals surface area contributed by atoms with Gasteiger partial charge in [0.2, 0.25) is 0 Å². The number of ketones is 1. The second-order valence-corrected chi connectivity index (χ2v) is 15.5. The summed E-state index contributed by atoms with van der Waals surface area (Å²) in [6.07, 6.45) is 6.68. The number of aliphatic hydroxyl groups is 2. The molecule has 2 aromatic carbocycles. The fraction of sp³-hybridized carbons (Fsp3) is 0.524. The Morgan fingerprint density at radius 2 is 1.63 bits per heavy atom. The van der Waals surface area contributed by atoms with Gasteiger partial charge in [-0.15, -0.1) is 0 Å². The number of rotatable bonds is 4. The molecule has 1 saturated heterocycles. The maximum Gasteiger partial charge on any atom is 0.312 e. The number of anilines is 1. The molecule has 0 aromatic heterocycles. The molecule has 6 N–H and O–H groups in total. The van der Waals surface area contributed by atoms with Crippen LogP contribution in [0, 0.1) is 30.6 Å². The molecule has 5 bridgehead atoms. The number of Topliss-reactive ketones (excluding diaryl/α,β-unsaturated/α-hetero) is 1. The molecule has 2 aromatic rings. The standard InChI is InChI=1S/C42H55N3O12/c1-20-13-12-14-21(2)41(53)44-32-27(19-43-45-16-10-11-17-45)36(50)29-30(37(32)51)35(49)25(6)39-31(29)40(52)42(8,57-39)55-18-15-28(54-9)22(3)38(56-26(7)46)24(5)34(48)23(4)33(20)47/h12-15,18-20,22-24,28,33-34,38,47-51H,10-11,16-17H2,1-9H3,(H,44,53)/b13-12+,18-15+,21-14?,43-19+. The fourth-order valence-corrected chi connectivity index (χ4v) is 7.83. The van der Waals surface area contributed by atoms with E-state index in [4.69, 9.17) is 18.9 Å². The lowest BCUT2D eigenvalue weighted by Gasteiger charge is -2.38. The van der Waals surface area contributed by atoms with E-state index < -0.39 is 88.8 Å². The van der Waals surface area contributed by atoms with E-state index in [1.54, 1.807) is 44.9 Å². The first-order chi connectivity index (χ1) is 26.8. The summed E-state index contributed by atoms with van der Waals surface area (Å²) >= 11 is 0. The lowest BCUT2D eigenvalue weighted by atomic mass is 9.78. The van der Waals surface area contributed by atoms with Crippen molar-refractivity contribution in [3.63, 3.8) is 0 Å². The van der Waals surface area contributed by atoms with Gasteiger partial charge in [-0.1, -0.05) is 45.9 Å². The first kappa shape index (κ1) is 43.0. The predicted octanol–water partition coefficient (Wildman–Crippen LogP) is 5.18. The first-order valence-corrected chi connectivity index (χ1v) is 19.2. The van der Waals surface area contributed by atoms with Gasteiger partial charge in [0.15, 0.2) is 5.75 Å². The van der Waals surface area contributed by atoms with Crippen LogP contribution in [-0.2, 0) is 23.8 Å². The zero-order valence-corrected chi connectivity index (χ0v) is 33.9. The van der Waals surface area contributed by atoms with Crippen LogP contribution in [0.1, 0.15) is 82.8 Å². The van der Waals surface area contributed by atoms with Crippen LogP contribution in [0.5, 0.6) is 23.0 Å². The van der Waals surface area contributed by atoms with Crippen LogP contribution in [-0.4, -0.2) is 105 Å². The SMILES string of the molecule is COC1/C=C/OC2(C)Oc3c(C)c(O)c4c(O)c(c(/C=N/N5CCCC5)c(O)c4c3C2=O)NC(=O)C(C)=C/C=C/C(C)C(O)C(C)C(O)C(C)C(OC(C)=O)C1C. The summed E-state index contributed by atoms with van der Waals surface area (Å²) < 4.78 is 23.5. The number of nitrogens with zero attached hydrogens (tertiary/aromatic N) is 2. The number of amides is 1. The van der Waals surface area contributed by atoms with E-state index in [0.29, 0.717) is 13.1 Å². The smallest absolute Gasteiger partial charge is 0.312 e. The highest BCUT2D eigenvalue weighted by Crippen LogP contribution is 2.55. The summed E-state index contributed by atoms with van der Waals surface area (Å²) in [5.74, 6) is -8.28. The Hall–Kier alpha value is -5.12. The average Bonchev–Trinajstić information content (AvgIpc) is 3.79. The lowest BCUT2D eigenvalue weighted by Crippen LogP contribution is -2.46. The minimum Gasteiger partial charge on any atom is -0.507 e. The van der Waals surface area contributed by atoms with Crippen molar-refractivity contribution in [3.8, 4) is 23.0 Å². The number of fused-ring (bicyclic) bond motifs is 14. The number of esters is 1. The summed E-state index contributed by atoms with van der Waals surface area (Å²) in [6.45, 7) is 13.8. The number of benzene rings is 2. The predicted molar refractivity (Wildman–Crippen MR) is 212 cm³/mol. The molecule has 4 aliphatic heterocycles. The van der Waals surface area contributed by atoms with Gasteiger partial charge >= 0.3 is 11.8 Å². The van der Waals surface area contributed by atoms with E-state index in [0.717, 1.165) is 12.8 Å². The molecule has 6 rings (SSSR count). The third kappa shape index (κ3) is 8.32. The molecule has 4 heterocycles. The zero-order valence-electron chi connectivity index (χ0n) is 33.9. The number of phenolic OH excluding ortho intramolecular Hbond substituents is 3. The van der Waals surface area contributed by atoms with Crippen LogP contribution >= 0.6 is 0 Å². The summed E-state index contributed by atoms with van der Waals surface area (Å²) in [5, 5.41) is 66.5. The molecule has 9 unspecified atom stereocenters. The molecule has 0 radical (unpaired) electrons. The third-order valence-corrected chi connectivity index (χ3v) is 11.5. The van der Waals surface area contributed by atoms with E-state index in [2.05, 4.69) is 10.4 Å². The van der Waals surface area contributed by atoms with Gasteiger partial charge < -0.3 is 49.8 Å². The summed E-state index contributed by atoms with van der Waals surface area (Å²) in [5.41, 5.74) is -0.313. The highest BCUT2D eigenvalue weighted by atomic mass is 16.7. The van der Waals surface area contributed by atoms with Crippen molar-refractivity contribution in [2.45, 2.75) is 98.4 Å². The molecule has 15 heteroatoms. The summed E-state index contributed by atoms with van der Waals surface area (Å²) in [4.78, 5) is 40.3. The number of hydrazone groups is 1. The van der Waals surface area contributed by atoms with Gasteiger partial charge in [0, 0.05) is 74.2 Å². The van der Waals surface area contributed by atoms with E-state index in [1.165, 1.54) is 59.4 Å². The number of phenols is 3. The summed E-state index contributed by atoms with van der Waals surface area (Å²) in [6, 6.07) is 0. The topological polar surface area (TPSA) is 217 Å². The summed E-state index contributed by atoms with van der Waals surface area (Å²) in [7, 11) is 1.44. The van der Waals surface area contributed by atoms with Crippen molar-refractivity contribution < 1.29 is 58.9 Å². The quantitative estimate of drug-likeness (QED) is 0.102. The number of aliphatic hydroxyl groups excluding tert-OH is 2. The van der Waals surface area contributed by atoms with Gasteiger partial charge in [-0.3, -0.25) is 19.4 Å². The maximum absolute atomic E-state index is 14.4. The molecule has 0 saturated carbocycles. The second-order valence-electron chi connectivity index (χ2n) is 15.5. The van der Waals surface area contributed by atoms with Crippen LogP contribution in [0.3, 0.4) is 0 Å². The van der Waals surface area contributed by atoms with Gasteiger partial charge in [-0.2, -0.15) is 5.10 Å². The van der Waals surface area contributed by atoms with Crippen LogP contribution in [0.2, 0.25) is 0 Å². The first-order valence-electron chi connectivity index (χ1n) is 19.2. The van der Waals surface area contributed by atoms with Crippen molar-refractivity contribution in [2.75, 3.05) is 25.5 Å². The Kier molecular flexibility index (Phi) is 13.0. The molecular weight excluding hydrogens is 738 g/mol.